The first kappa shape index (κ1) is 21.9. The van der Waals surface area contributed by atoms with E-state index in [1.807, 2.05) is 0 Å². The summed E-state index contributed by atoms with van der Waals surface area (Å²) in [4.78, 5) is 4.39. The van der Waals surface area contributed by atoms with Gasteiger partial charge in [-0.3, -0.25) is 0 Å². The Kier molecular flexibility index (Phi) is 5.25. The molecule has 0 fully saturated rings. The van der Waals surface area contributed by atoms with Gasteiger partial charge in [0, 0.05) is 27.5 Å². The van der Waals surface area contributed by atoms with E-state index in [2.05, 4.69) is 4.98 Å². The number of aromatic nitrogens is 2. The molecule has 2 heterocycles. The van der Waals surface area contributed by atoms with Gasteiger partial charge in [0.15, 0.2) is 0 Å². The minimum absolute atomic E-state index is 0.0811. The summed E-state index contributed by atoms with van der Waals surface area (Å²) in [6, 6.07) is 10.4. The first-order chi connectivity index (χ1) is 15.0. The van der Waals surface area contributed by atoms with Crippen LogP contribution in [0, 0.1) is 18.3 Å². The molecule has 3 nitrogen and oxygen atoms in total. The number of halogens is 6. The summed E-state index contributed by atoms with van der Waals surface area (Å²) < 4.78 is 81.4. The molecule has 10 heteroatoms. The third-order valence-corrected chi connectivity index (χ3v) is 5.95. The number of thiazole rings is 1. The van der Waals surface area contributed by atoms with E-state index in [1.165, 1.54) is 24.3 Å². The van der Waals surface area contributed by atoms with E-state index in [1.54, 1.807) is 22.9 Å². The van der Waals surface area contributed by atoms with Gasteiger partial charge in [-0.05, 0) is 37.3 Å². The summed E-state index contributed by atoms with van der Waals surface area (Å²) in [5, 5.41) is 11.1. The zero-order valence-corrected chi connectivity index (χ0v) is 17.2. The minimum atomic E-state index is -4.69. The molecule has 2 aromatic heterocycles. The molecular weight excluding hydrogens is 452 g/mol. The van der Waals surface area contributed by atoms with Crippen molar-refractivity contribution in [2.75, 3.05) is 0 Å². The largest absolute Gasteiger partial charge is 0.418 e. The molecule has 4 aromatic rings. The van der Waals surface area contributed by atoms with Crippen LogP contribution < -0.4 is 0 Å². The molecule has 0 saturated carbocycles. The molecule has 0 saturated heterocycles. The maximum atomic E-state index is 13.6. The number of nitriles is 1. The third kappa shape index (κ3) is 3.96. The van der Waals surface area contributed by atoms with Crippen LogP contribution in [0.1, 0.15) is 28.1 Å². The normalized spacial score (nSPS) is 12.3. The molecule has 0 N–H and O–H groups in total. The van der Waals surface area contributed by atoms with E-state index in [-0.39, 0.29) is 11.9 Å². The van der Waals surface area contributed by atoms with Crippen LogP contribution in [0.25, 0.3) is 21.5 Å². The zero-order valence-electron chi connectivity index (χ0n) is 16.3. The molecular formula is C22H13F6N3S. The summed E-state index contributed by atoms with van der Waals surface area (Å²) in [6.07, 6.45) is -9.17. The van der Waals surface area contributed by atoms with Crippen molar-refractivity contribution < 1.29 is 26.3 Å². The van der Waals surface area contributed by atoms with Gasteiger partial charge in [0.2, 0.25) is 0 Å². The number of fused-ring (bicyclic) bond motifs is 1. The second-order valence-corrected chi connectivity index (χ2v) is 7.98. The van der Waals surface area contributed by atoms with E-state index in [9.17, 15) is 26.3 Å². The van der Waals surface area contributed by atoms with Gasteiger partial charge in [-0.15, -0.1) is 11.3 Å². The number of alkyl halides is 6. The first-order valence-electron chi connectivity index (χ1n) is 9.21. The number of rotatable bonds is 3. The average Bonchev–Trinajstić information content (AvgIpc) is 3.31. The Labute approximate surface area is 182 Å². The third-order valence-electron chi connectivity index (χ3n) is 5.00. The van der Waals surface area contributed by atoms with Gasteiger partial charge in [-0.2, -0.15) is 31.6 Å². The lowest BCUT2D eigenvalue weighted by Gasteiger charge is -2.11. The molecule has 0 aliphatic heterocycles. The van der Waals surface area contributed by atoms with Gasteiger partial charge in [0.1, 0.15) is 5.01 Å². The number of benzene rings is 2. The van der Waals surface area contributed by atoms with E-state index >= 15 is 0 Å². The standard InChI is InChI=1S/C22H13F6N3S/c1-12-7-17-18(6-5-14(9-29)19(17)22(26,27)28)31(12)10-16-11-32-20(30-16)13-3-2-4-15(8-13)21(23,24)25/h2-8,11H,10H2,1H3. The molecule has 0 aliphatic carbocycles. The topological polar surface area (TPSA) is 41.6 Å². The minimum Gasteiger partial charge on any atom is -0.339 e. The predicted molar refractivity (Wildman–Crippen MR) is 108 cm³/mol. The predicted octanol–water partition coefficient (Wildman–Crippen LogP) is 7.03. The quantitative estimate of drug-likeness (QED) is 0.305. The van der Waals surface area contributed by atoms with Crippen LogP contribution in [-0.4, -0.2) is 9.55 Å². The Morgan fingerprint density at radius 3 is 2.44 bits per heavy atom. The Bertz CT molecular complexity index is 1350. The number of hydrogen-bond acceptors (Lipinski definition) is 3. The van der Waals surface area contributed by atoms with E-state index in [4.69, 9.17) is 5.26 Å². The van der Waals surface area contributed by atoms with E-state index < -0.39 is 29.0 Å². The summed E-state index contributed by atoms with van der Waals surface area (Å²) in [5.74, 6) is 0. The van der Waals surface area contributed by atoms with Gasteiger partial charge >= 0.3 is 12.4 Å². The van der Waals surface area contributed by atoms with Crippen molar-refractivity contribution in [2.45, 2.75) is 25.8 Å². The lowest BCUT2D eigenvalue weighted by atomic mass is 10.0. The highest BCUT2D eigenvalue weighted by atomic mass is 32.1. The molecule has 0 amide bonds. The highest BCUT2D eigenvalue weighted by molar-refractivity contribution is 7.13. The fourth-order valence-electron chi connectivity index (χ4n) is 3.58. The summed E-state index contributed by atoms with van der Waals surface area (Å²) >= 11 is 1.15. The van der Waals surface area contributed by atoms with Crippen molar-refractivity contribution in [1.29, 1.82) is 5.26 Å². The van der Waals surface area contributed by atoms with Crippen molar-refractivity contribution >= 4 is 22.2 Å². The van der Waals surface area contributed by atoms with Crippen molar-refractivity contribution in [1.82, 2.24) is 9.55 Å². The SMILES string of the molecule is Cc1cc2c(C(F)(F)F)c(C#N)ccc2n1Cc1csc(-c2cccc(C(F)(F)F)c2)n1. The number of nitrogens with zero attached hydrogens (tertiary/aromatic N) is 3. The second kappa shape index (κ2) is 7.67. The van der Waals surface area contributed by atoms with Crippen LogP contribution in [0.15, 0.2) is 47.8 Å². The van der Waals surface area contributed by atoms with Gasteiger partial charge in [0.25, 0.3) is 0 Å². The molecule has 0 bridgehead atoms. The van der Waals surface area contributed by atoms with Crippen molar-refractivity contribution in [3.8, 4) is 16.6 Å². The van der Waals surface area contributed by atoms with Gasteiger partial charge in [0.05, 0.1) is 35.0 Å². The zero-order chi connectivity index (χ0) is 23.3. The monoisotopic (exact) mass is 465 g/mol. The average molecular weight is 465 g/mol. The Hall–Kier alpha value is -3.32. The molecule has 4 rings (SSSR count). The Balaban J connectivity index is 1.73. The van der Waals surface area contributed by atoms with Crippen LogP contribution in [0.3, 0.4) is 0 Å². The smallest absolute Gasteiger partial charge is 0.339 e. The van der Waals surface area contributed by atoms with Crippen molar-refractivity contribution in [3.63, 3.8) is 0 Å². The summed E-state index contributed by atoms with van der Waals surface area (Å²) in [6.45, 7) is 1.78. The maximum absolute atomic E-state index is 13.6. The Morgan fingerprint density at radius 2 is 1.78 bits per heavy atom. The van der Waals surface area contributed by atoms with Crippen LogP contribution >= 0.6 is 11.3 Å². The highest BCUT2D eigenvalue weighted by Crippen LogP contribution is 2.39. The van der Waals surface area contributed by atoms with Gasteiger partial charge in [-0.25, -0.2) is 4.98 Å². The van der Waals surface area contributed by atoms with Gasteiger partial charge < -0.3 is 4.57 Å². The number of aryl methyl sites for hydroxylation is 1. The van der Waals surface area contributed by atoms with E-state index in [0.717, 1.165) is 29.5 Å². The number of hydrogen-bond donors (Lipinski definition) is 0. The maximum Gasteiger partial charge on any atom is 0.418 e. The molecule has 32 heavy (non-hydrogen) atoms. The van der Waals surface area contributed by atoms with Gasteiger partial charge in [-0.1, -0.05) is 12.1 Å². The second-order valence-electron chi connectivity index (χ2n) is 7.12. The van der Waals surface area contributed by atoms with Crippen LogP contribution in [-0.2, 0) is 18.9 Å². The fraction of sp³-hybridized carbons (Fsp3) is 0.182. The lowest BCUT2D eigenvalue weighted by Crippen LogP contribution is -2.09. The fourth-order valence-corrected chi connectivity index (χ4v) is 4.39. The molecule has 0 unspecified atom stereocenters. The highest BCUT2D eigenvalue weighted by Gasteiger charge is 2.36. The van der Waals surface area contributed by atoms with Crippen LogP contribution in [0.4, 0.5) is 26.3 Å². The molecule has 0 spiro atoms. The lowest BCUT2D eigenvalue weighted by molar-refractivity contribution is -0.138. The molecule has 0 atom stereocenters. The molecule has 164 valence electrons. The Morgan fingerprint density at radius 1 is 1.03 bits per heavy atom. The first-order valence-corrected chi connectivity index (χ1v) is 10.1. The van der Waals surface area contributed by atoms with Crippen molar-refractivity contribution in [2.24, 2.45) is 0 Å². The van der Waals surface area contributed by atoms with Crippen LogP contribution in [0.2, 0.25) is 0 Å². The molecule has 0 aliphatic rings. The van der Waals surface area contributed by atoms with Crippen molar-refractivity contribution in [3.05, 3.63) is 75.9 Å². The molecule has 2 aromatic carbocycles. The van der Waals surface area contributed by atoms with Crippen LogP contribution in [0.5, 0.6) is 0 Å². The summed E-state index contributed by atoms with van der Waals surface area (Å²) in [5.41, 5.74) is -0.585. The summed E-state index contributed by atoms with van der Waals surface area (Å²) in [7, 11) is 0. The molecule has 0 radical (unpaired) electrons. The van der Waals surface area contributed by atoms with E-state index in [0.29, 0.717) is 27.5 Å².